The van der Waals surface area contributed by atoms with E-state index in [2.05, 4.69) is 18.3 Å². The van der Waals surface area contributed by atoms with Crippen LogP contribution < -0.4 is 5.32 Å². The Morgan fingerprint density at radius 3 is 2.84 bits per heavy atom. The van der Waals surface area contributed by atoms with Gasteiger partial charge in [-0.05, 0) is 55.7 Å². The molecule has 2 aliphatic rings. The number of nitrogens with one attached hydrogen (secondary N) is 1. The summed E-state index contributed by atoms with van der Waals surface area (Å²) in [7, 11) is 0. The summed E-state index contributed by atoms with van der Waals surface area (Å²) in [6, 6.07) is 6.27. The fraction of sp³-hybridized carbons (Fsp3) is 0.625. The summed E-state index contributed by atoms with van der Waals surface area (Å²) >= 11 is 0. The minimum absolute atomic E-state index is 0.0412. The van der Waals surface area contributed by atoms with Gasteiger partial charge in [-0.15, -0.1) is 0 Å². The molecule has 2 unspecified atom stereocenters. The molecule has 1 aromatic carbocycles. The third-order valence-corrected chi connectivity index (χ3v) is 4.65. The smallest absolute Gasteiger partial charge is 0.126 e. The fourth-order valence-corrected chi connectivity index (χ4v) is 3.45. The van der Waals surface area contributed by atoms with Crippen LogP contribution in [0.2, 0.25) is 0 Å². The Morgan fingerprint density at radius 2 is 2.05 bits per heavy atom. The summed E-state index contributed by atoms with van der Waals surface area (Å²) in [6.45, 7) is 4.02. The molecule has 1 fully saturated rings. The van der Waals surface area contributed by atoms with Crippen molar-refractivity contribution < 1.29 is 9.13 Å². The molecule has 2 nitrogen and oxygen atoms in total. The van der Waals surface area contributed by atoms with E-state index in [1.54, 1.807) is 6.07 Å². The highest BCUT2D eigenvalue weighted by Crippen LogP contribution is 2.34. The lowest BCUT2D eigenvalue weighted by Gasteiger charge is -2.31. The number of halogens is 1. The van der Waals surface area contributed by atoms with E-state index in [4.69, 9.17) is 4.74 Å². The topological polar surface area (TPSA) is 21.3 Å². The highest BCUT2D eigenvalue weighted by molar-refractivity contribution is 5.35. The molecule has 0 bridgehead atoms. The van der Waals surface area contributed by atoms with Crippen molar-refractivity contribution in [2.75, 3.05) is 13.2 Å². The summed E-state index contributed by atoms with van der Waals surface area (Å²) in [5.41, 5.74) is 2.08. The third-order valence-electron chi connectivity index (χ3n) is 4.65. The first-order chi connectivity index (χ1) is 9.25. The molecule has 2 atom stereocenters. The van der Waals surface area contributed by atoms with Gasteiger partial charge in [0.05, 0.1) is 0 Å². The Morgan fingerprint density at radius 1 is 1.26 bits per heavy atom. The quantitative estimate of drug-likeness (QED) is 0.904. The molecule has 0 aromatic heterocycles. The van der Waals surface area contributed by atoms with Gasteiger partial charge in [0, 0.05) is 25.3 Å². The first-order valence-corrected chi connectivity index (χ1v) is 7.37. The highest BCUT2D eigenvalue weighted by Gasteiger charge is 2.28. The molecule has 0 radical (unpaired) electrons. The van der Waals surface area contributed by atoms with Crippen LogP contribution in [-0.4, -0.2) is 19.3 Å². The molecule has 1 saturated heterocycles. The average molecular weight is 263 g/mol. The number of rotatable bonds is 3. The normalized spacial score (nSPS) is 25.3. The van der Waals surface area contributed by atoms with Crippen molar-refractivity contribution in [3.63, 3.8) is 0 Å². The molecule has 3 heteroatoms. The Labute approximate surface area is 114 Å². The van der Waals surface area contributed by atoms with E-state index in [0.29, 0.717) is 18.0 Å². The van der Waals surface area contributed by atoms with Crippen LogP contribution in [0.15, 0.2) is 18.2 Å². The van der Waals surface area contributed by atoms with Crippen LogP contribution in [0, 0.1) is 11.7 Å². The molecular weight excluding hydrogens is 241 g/mol. The van der Waals surface area contributed by atoms with Crippen LogP contribution in [-0.2, 0) is 11.2 Å². The maximum Gasteiger partial charge on any atom is 0.126 e. The molecule has 1 aliphatic heterocycles. The van der Waals surface area contributed by atoms with Gasteiger partial charge in [0.15, 0.2) is 0 Å². The molecule has 1 aromatic rings. The first-order valence-electron chi connectivity index (χ1n) is 7.37. The van der Waals surface area contributed by atoms with Gasteiger partial charge in [0.25, 0.3) is 0 Å². The van der Waals surface area contributed by atoms with Crippen LogP contribution in [0.4, 0.5) is 4.39 Å². The van der Waals surface area contributed by atoms with Crippen molar-refractivity contribution >= 4 is 0 Å². The Kier molecular flexibility index (Phi) is 3.85. The molecule has 1 N–H and O–H groups in total. The lowest BCUT2D eigenvalue weighted by molar-refractivity contribution is 0.0544. The van der Waals surface area contributed by atoms with E-state index in [1.807, 2.05) is 6.07 Å². The van der Waals surface area contributed by atoms with E-state index in [0.717, 1.165) is 44.5 Å². The standard InChI is InChI=1S/C16H22FNO/c1-11(12-7-9-19-10-8-12)18-16-6-5-13-14(16)3-2-4-15(13)17/h2-4,11-12,16,18H,5-10H2,1H3. The summed E-state index contributed by atoms with van der Waals surface area (Å²) < 4.78 is 19.1. The van der Waals surface area contributed by atoms with E-state index in [-0.39, 0.29) is 5.82 Å². The van der Waals surface area contributed by atoms with Crippen LogP contribution in [0.3, 0.4) is 0 Å². The van der Waals surface area contributed by atoms with E-state index >= 15 is 0 Å². The molecule has 1 heterocycles. The molecule has 0 saturated carbocycles. The van der Waals surface area contributed by atoms with Crippen molar-refractivity contribution in [3.05, 3.63) is 35.1 Å². The minimum atomic E-state index is -0.0412. The number of hydrogen-bond donors (Lipinski definition) is 1. The zero-order chi connectivity index (χ0) is 13.2. The van der Waals surface area contributed by atoms with Gasteiger partial charge >= 0.3 is 0 Å². The number of benzene rings is 1. The van der Waals surface area contributed by atoms with Gasteiger partial charge in [-0.1, -0.05) is 12.1 Å². The van der Waals surface area contributed by atoms with Crippen LogP contribution in [0.5, 0.6) is 0 Å². The van der Waals surface area contributed by atoms with E-state index < -0.39 is 0 Å². The van der Waals surface area contributed by atoms with Gasteiger partial charge in [-0.25, -0.2) is 4.39 Å². The van der Waals surface area contributed by atoms with Crippen LogP contribution in [0.1, 0.15) is 43.4 Å². The van der Waals surface area contributed by atoms with Crippen molar-refractivity contribution in [2.45, 2.75) is 44.7 Å². The third kappa shape index (κ3) is 2.67. The number of ether oxygens (including phenoxy) is 1. The zero-order valence-corrected chi connectivity index (χ0v) is 11.5. The molecule has 0 spiro atoms. The second-order valence-electron chi connectivity index (χ2n) is 5.80. The highest BCUT2D eigenvalue weighted by atomic mass is 19.1. The predicted octanol–water partition coefficient (Wildman–Crippen LogP) is 3.22. The largest absolute Gasteiger partial charge is 0.381 e. The van der Waals surface area contributed by atoms with Crippen molar-refractivity contribution in [1.29, 1.82) is 0 Å². The molecular formula is C16H22FNO. The second-order valence-corrected chi connectivity index (χ2v) is 5.80. The Bertz CT molecular complexity index is 442. The molecule has 3 rings (SSSR count). The Hall–Kier alpha value is -0.930. The zero-order valence-electron chi connectivity index (χ0n) is 11.5. The average Bonchev–Trinajstić information content (AvgIpc) is 2.84. The summed E-state index contributed by atoms with van der Waals surface area (Å²) in [6.07, 6.45) is 4.15. The monoisotopic (exact) mass is 263 g/mol. The Balaban J connectivity index is 1.67. The van der Waals surface area contributed by atoms with Crippen LogP contribution in [0.25, 0.3) is 0 Å². The minimum Gasteiger partial charge on any atom is -0.381 e. The lowest BCUT2D eigenvalue weighted by Crippen LogP contribution is -2.38. The maximum absolute atomic E-state index is 13.7. The van der Waals surface area contributed by atoms with Gasteiger partial charge in [0.1, 0.15) is 5.82 Å². The lowest BCUT2D eigenvalue weighted by atomic mass is 9.92. The van der Waals surface area contributed by atoms with Gasteiger partial charge in [-0.3, -0.25) is 0 Å². The summed E-state index contributed by atoms with van der Waals surface area (Å²) in [5.74, 6) is 0.645. The molecule has 104 valence electrons. The van der Waals surface area contributed by atoms with Gasteiger partial charge in [0.2, 0.25) is 0 Å². The van der Waals surface area contributed by atoms with Crippen molar-refractivity contribution in [1.82, 2.24) is 5.32 Å². The van der Waals surface area contributed by atoms with Crippen molar-refractivity contribution in [3.8, 4) is 0 Å². The molecule has 0 amide bonds. The van der Waals surface area contributed by atoms with E-state index in [9.17, 15) is 4.39 Å². The van der Waals surface area contributed by atoms with Crippen molar-refractivity contribution in [2.24, 2.45) is 5.92 Å². The predicted molar refractivity (Wildman–Crippen MR) is 73.6 cm³/mol. The SMILES string of the molecule is CC(NC1CCc2c(F)cccc21)C1CCOCC1. The summed E-state index contributed by atoms with van der Waals surface area (Å²) in [4.78, 5) is 0. The maximum atomic E-state index is 13.7. The van der Waals surface area contributed by atoms with Crippen LogP contribution >= 0.6 is 0 Å². The summed E-state index contributed by atoms with van der Waals surface area (Å²) in [5, 5.41) is 3.71. The fourth-order valence-electron chi connectivity index (χ4n) is 3.45. The van der Waals surface area contributed by atoms with Gasteiger partial charge < -0.3 is 10.1 Å². The molecule has 1 aliphatic carbocycles. The van der Waals surface area contributed by atoms with E-state index in [1.165, 1.54) is 5.56 Å². The first kappa shape index (κ1) is 13.1. The molecule has 19 heavy (non-hydrogen) atoms. The van der Waals surface area contributed by atoms with Gasteiger partial charge in [-0.2, -0.15) is 0 Å². The number of hydrogen-bond acceptors (Lipinski definition) is 2. The number of fused-ring (bicyclic) bond motifs is 1. The second kappa shape index (κ2) is 5.59.